The molecule has 2 bridgehead atoms. The predicted molar refractivity (Wildman–Crippen MR) is 73.1 cm³/mol. The maximum absolute atomic E-state index is 12.5. The number of hydrogen-bond donors (Lipinski definition) is 0. The summed E-state index contributed by atoms with van der Waals surface area (Å²) in [6.45, 7) is 10.4. The molecule has 4 rings (SSSR count). The van der Waals surface area contributed by atoms with Crippen molar-refractivity contribution in [2.24, 2.45) is 23.2 Å². The van der Waals surface area contributed by atoms with Gasteiger partial charge in [-0.05, 0) is 48.9 Å². The van der Waals surface area contributed by atoms with Crippen molar-refractivity contribution in [3.8, 4) is 0 Å². The number of likely N-dealkylation sites (tertiary alicyclic amines) is 1. The minimum absolute atomic E-state index is 0.188. The third kappa shape index (κ3) is 1.32. The number of nitrogens with zero attached hydrogens (tertiary/aromatic N) is 1. The topological polar surface area (TPSA) is 20.3 Å². The van der Waals surface area contributed by atoms with Gasteiger partial charge < -0.3 is 4.90 Å². The van der Waals surface area contributed by atoms with E-state index < -0.39 is 0 Å². The monoisotopic (exact) mass is 249 g/mol. The van der Waals surface area contributed by atoms with Crippen LogP contribution in [-0.2, 0) is 4.79 Å². The van der Waals surface area contributed by atoms with Crippen molar-refractivity contribution in [3.63, 3.8) is 0 Å². The smallest absolute Gasteiger partial charge is 0.223 e. The fourth-order valence-corrected chi connectivity index (χ4v) is 5.24. The molecule has 4 unspecified atom stereocenters. The summed E-state index contributed by atoms with van der Waals surface area (Å²) in [6.07, 6.45) is 5.92. The lowest BCUT2D eigenvalue weighted by Crippen LogP contribution is -2.76. The highest BCUT2D eigenvalue weighted by Gasteiger charge is 2.67. The van der Waals surface area contributed by atoms with E-state index in [2.05, 4.69) is 32.6 Å². The lowest BCUT2D eigenvalue weighted by Gasteiger charge is -2.72. The van der Waals surface area contributed by atoms with Crippen molar-refractivity contribution in [3.05, 3.63) is 0 Å². The fourth-order valence-electron chi connectivity index (χ4n) is 5.24. The molecule has 2 nitrogen and oxygen atoms in total. The molecule has 102 valence electrons. The molecule has 1 heterocycles. The lowest BCUT2D eigenvalue weighted by atomic mass is 9.40. The average Bonchev–Trinajstić information content (AvgIpc) is 2.29. The van der Waals surface area contributed by atoms with E-state index in [1.165, 1.54) is 25.7 Å². The first-order valence-corrected chi connectivity index (χ1v) is 7.70. The first kappa shape index (κ1) is 12.5. The molecular weight excluding hydrogens is 222 g/mol. The maximum Gasteiger partial charge on any atom is 0.223 e. The molecule has 0 aromatic rings. The van der Waals surface area contributed by atoms with Crippen LogP contribution in [0.5, 0.6) is 0 Å². The van der Waals surface area contributed by atoms with Gasteiger partial charge in [-0.3, -0.25) is 4.79 Å². The molecule has 0 aromatic carbocycles. The Morgan fingerprint density at radius 3 is 2.44 bits per heavy atom. The number of fused-ring (bicyclic) bond motifs is 2. The molecule has 1 amide bonds. The van der Waals surface area contributed by atoms with Crippen LogP contribution in [0.15, 0.2) is 0 Å². The van der Waals surface area contributed by atoms with E-state index in [-0.39, 0.29) is 5.54 Å². The van der Waals surface area contributed by atoms with Gasteiger partial charge in [0.1, 0.15) is 0 Å². The summed E-state index contributed by atoms with van der Waals surface area (Å²) in [5, 5.41) is 0. The molecule has 3 aliphatic carbocycles. The van der Waals surface area contributed by atoms with Gasteiger partial charge in [0.05, 0.1) is 5.54 Å². The highest BCUT2D eigenvalue weighted by atomic mass is 16.2. The number of piperidine rings is 1. The van der Waals surface area contributed by atoms with E-state index in [1.54, 1.807) is 0 Å². The molecule has 0 radical (unpaired) electrons. The van der Waals surface area contributed by atoms with Crippen LogP contribution in [0.3, 0.4) is 0 Å². The van der Waals surface area contributed by atoms with Crippen LogP contribution < -0.4 is 0 Å². The average molecular weight is 249 g/mol. The normalized spacial score (nSPS) is 46.8. The fraction of sp³-hybridized carbons (Fsp3) is 0.938. The number of rotatable bonds is 1. The molecule has 18 heavy (non-hydrogen) atoms. The Labute approximate surface area is 111 Å². The SMILES string of the molecule is CC1CCN(C23CC(CCC2C)C3(C)C)C(=O)C1. The van der Waals surface area contributed by atoms with Crippen molar-refractivity contribution < 1.29 is 4.79 Å². The molecule has 3 saturated carbocycles. The van der Waals surface area contributed by atoms with Crippen LogP contribution >= 0.6 is 0 Å². The summed E-state index contributed by atoms with van der Waals surface area (Å²) in [5.74, 6) is 2.53. The van der Waals surface area contributed by atoms with Gasteiger partial charge in [-0.25, -0.2) is 0 Å². The van der Waals surface area contributed by atoms with Crippen LogP contribution in [0, 0.1) is 23.2 Å². The van der Waals surface area contributed by atoms with Crippen LogP contribution in [0.25, 0.3) is 0 Å². The zero-order chi connectivity index (χ0) is 13.1. The van der Waals surface area contributed by atoms with Crippen molar-refractivity contribution in [1.82, 2.24) is 4.90 Å². The Kier molecular flexibility index (Phi) is 2.60. The molecular formula is C16H27NO. The second kappa shape index (κ2) is 3.74. The Balaban J connectivity index is 1.92. The second-order valence-electron chi connectivity index (χ2n) is 7.67. The molecule has 1 saturated heterocycles. The van der Waals surface area contributed by atoms with Gasteiger partial charge in [0.15, 0.2) is 0 Å². The van der Waals surface area contributed by atoms with Crippen LogP contribution in [0.2, 0.25) is 0 Å². The molecule has 4 aliphatic rings. The first-order valence-electron chi connectivity index (χ1n) is 7.70. The van der Waals surface area contributed by atoms with Gasteiger partial charge in [0.2, 0.25) is 5.91 Å². The van der Waals surface area contributed by atoms with E-state index in [0.29, 0.717) is 23.2 Å². The minimum Gasteiger partial charge on any atom is -0.336 e. The van der Waals surface area contributed by atoms with E-state index >= 15 is 0 Å². The van der Waals surface area contributed by atoms with E-state index in [4.69, 9.17) is 0 Å². The first-order chi connectivity index (χ1) is 8.39. The lowest BCUT2D eigenvalue weighted by molar-refractivity contribution is -0.218. The van der Waals surface area contributed by atoms with Gasteiger partial charge in [-0.2, -0.15) is 0 Å². The Morgan fingerprint density at radius 1 is 1.17 bits per heavy atom. The standard InChI is InChI=1S/C16H27NO/c1-11-7-8-17(14(18)9-11)16-10-13(15(16,3)4)6-5-12(16)2/h11-13H,5-10H2,1-4H3. The van der Waals surface area contributed by atoms with Crippen molar-refractivity contribution in [1.29, 1.82) is 0 Å². The summed E-state index contributed by atoms with van der Waals surface area (Å²) in [7, 11) is 0. The quantitative estimate of drug-likeness (QED) is 0.697. The maximum atomic E-state index is 12.5. The Hall–Kier alpha value is -0.530. The van der Waals surface area contributed by atoms with E-state index in [0.717, 1.165) is 18.9 Å². The summed E-state index contributed by atoms with van der Waals surface area (Å²) in [6, 6.07) is 0. The molecule has 0 spiro atoms. The van der Waals surface area contributed by atoms with Gasteiger partial charge in [-0.1, -0.05) is 27.7 Å². The Morgan fingerprint density at radius 2 is 1.89 bits per heavy atom. The van der Waals surface area contributed by atoms with Crippen LogP contribution in [-0.4, -0.2) is 22.9 Å². The highest BCUT2D eigenvalue weighted by Crippen LogP contribution is 2.67. The van der Waals surface area contributed by atoms with Crippen LogP contribution in [0.4, 0.5) is 0 Å². The summed E-state index contributed by atoms with van der Waals surface area (Å²) in [4.78, 5) is 14.8. The summed E-state index contributed by atoms with van der Waals surface area (Å²) in [5.41, 5.74) is 0.522. The van der Waals surface area contributed by atoms with Gasteiger partial charge in [0.25, 0.3) is 0 Å². The number of amides is 1. The summed E-state index contributed by atoms with van der Waals surface area (Å²) >= 11 is 0. The summed E-state index contributed by atoms with van der Waals surface area (Å²) < 4.78 is 0. The molecule has 1 aliphatic heterocycles. The van der Waals surface area contributed by atoms with Crippen LogP contribution in [0.1, 0.15) is 59.8 Å². The zero-order valence-corrected chi connectivity index (χ0v) is 12.3. The van der Waals surface area contributed by atoms with Crippen molar-refractivity contribution >= 4 is 5.91 Å². The number of hydrogen-bond acceptors (Lipinski definition) is 1. The predicted octanol–water partition coefficient (Wildman–Crippen LogP) is 3.46. The third-order valence-electron chi connectivity index (χ3n) is 6.61. The highest BCUT2D eigenvalue weighted by molar-refractivity contribution is 5.78. The van der Waals surface area contributed by atoms with Gasteiger partial charge in [-0.15, -0.1) is 0 Å². The van der Waals surface area contributed by atoms with E-state index in [9.17, 15) is 4.79 Å². The number of carbonyl (C=O) groups excluding carboxylic acids is 1. The minimum atomic E-state index is 0.188. The largest absolute Gasteiger partial charge is 0.336 e. The third-order valence-corrected chi connectivity index (χ3v) is 6.61. The number of carbonyl (C=O) groups is 1. The van der Waals surface area contributed by atoms with Gasteiger partial charge in [0, 0.05) is 13.0 Å². The van der Waals surface area contributed by atoms with Crippen molar-refractivity contribution in [2.75, 3.05) is 6.54 Å². The zero-order valence-electron chi connectivity index (χ0n) is 12.3. The van der Waals surface area contributed by atoms with E-state index in [1.807, 2.05) is 0 Å². The van der Waals surface area contributed by atoms with Crippen molar-refractivity contribution in [2.45, 2.75) is 65.3 Å². The van der Waals surface area contributed by atoms with Gasteiger partial charge >= 0.3 is 0 Å². The molecule has 0 N–H and O–H groups in total. The second-order valence-corrected chi connectivity index (χ2v) is 7.67. The Bertz CT molecular complexity index is 375. The molecule has 2 heteroatoms. The molecule has 4 atom stereocenters. The molecule has 4 fully saturated rings. The molecule has 0 aromatic heterocycles.